The second kappa shape index (κ2) is 15.8. The number of amidine groups is 1. The first-order valence-electron chi connectivity index (χ1n) is 12.8. The van der Waals surface area contributed by atoms with Crippen LogP contribution >= 0.6 is 0 Å². The Kier molecular flexibility index (Phi) is 12.5. The van der Waals surface area contributed by atoms with Gasteiger partial charge in [-0.05, 0) is 57.4 Å². The minimum Gasteiger partial charge on any atom is -0.496 e. The van der Waals surface area contributed by atoms with Crippen LogP contribution in [0.5, 0.6) is 11.5 Å². The molecule has 0 saturated carbocycles. The maximum Gasteiger partial charge on any atom is 0.144 e. The molecule has 0 amide bonds. The molecule has 2 N–H and O–H groups in total. The zero-order chi connectivity index (χ0) is 29.7. The van der Waals surface area contributed by atoms with Crippen molar-refractivity contribution in [1.29, 1.82) is 0 Å². The Morgan fingerprint density at radius 2 is 1.77 bits per heavy atom. The molecule has 0 bridgehead atoms. The minimum atomic E-state index is 0.639. The zero-order valence-corrected chi connectivity index (χ0v) is 24.7. The summed E-state index contributed by atoms with van der Waals surface area (Å²) < 4.78 is 13.2. The van der Waals surface area contributed by atoms with Gasteiger partial charge in [-0.15, -0.1) is 0 Å². The summed E-state index contributed by atoms with van der Waals surface area (Å²) in [5.41, 5.74) is 4.75. The first-order valence-corrected chi connectivity index (χ1v) is 12.8. The number of carbonyl (C=O) groups excluding carboxylic acids is 1. The summed E-state index contributed by atoms with van der Waals surface area (Å²) in [5, 5.41) is 7.70. The van der Waals surface area contributed by atoms with Gasteiger partial charge >= 0.3 is 0 Å². The fourth-order valence-electron chi connectivity index (χ4n) is 3.93. The number of anilines is 3. The van der Waals surface area contributed by atoms with Gasteiger partial charge in [-0.1, -0.05) is 19.2 Å². The maximum atomic E-state index is 9.06. The molecule has 9 heteroatoms. The molecule has 0 atom stereocenters. The number of hydrogen-bond acceptors (Lipinski definition) is 7. The number of hydrogen-bond donors (Lipinski definition) is 2. The monoisotopic (exact) mass is 546 g/mol. The molecule has 0 radical (unpaired) electrons. The van der Waals surface area contributed by atoms with Crippen molar-refractivity contribution < 1.29 is 14.3 Å². The summed E-state index contributed by atoms with van der Waals surface area (Å²) in [5.74, 6) is 2.31. The Morgan fingerprint density at radius 1 is 1.07 bits per heavy atom. The van der Waals surface area contributed by atoms with E-state index in [0.717, 1.165) is 64.1 Å². The summed E-state index contributed by atoms with van der Waals surface area (Å²) >= 11 is 0. The number of nitrogens with one attached hydrogen (secondary N) is 2. The molecule has 0 aliphatic rings. The molecule has 214 valence electrons. The molecule has 0 saturated heterocycles. The summed E-state index contributed by atoms with van der Waals surface area (Å²) in [6.07, 6.45) is 7.44. The Hall–Kier alpha value is -4.50. The van der Waals surface area contributed by atoms with Gasteiger partial charge in [-0.2, -0.15) is 0 Å². The molecule has 0 spiro atoms. The van der Waals surface area contributed by atoms with Crippen molar-refractivity contribution in [2.24, 2.45) is 4.99 Å². The van der Waals surface area contributed by atoms with E-state index in [0.29, 0.717) is 6.29 Å². The lowest BCUT2D eigenvalue weighted by atomic mass is 10.2. The molecular weight excluding hydrogens is 504 g/mol. The van der Waals surface area contributed by atoms with Crippen molar-refractivity contribution in [3.63, 3.8) is 0 Å². The molecule has 9 nitrogen and oxygen atoms in total. The number of allylic oxidation sites excluding steroid dienone is 3. The number of fused-ring (bicyclic) bond motifs is 1. The molecule has 0 aliphatic carbocycles. The predicted molar refractivity (Wildman–Crippen MR) is 170 cm³/mol. The van der Waals surface area contributed by atoms with Gasteiger partial charge in [0.05, 0.1) is 36.8 Å². The number of aliphatic imine (C=N–C) groups is 1. The number of aldehydes is 1. The highest BCUT2D eigenvalue weighted by molar-refractivity contribution is 5.97. The van der Waals surface area contributed by atoms with Gasteiger partial charge in [-0.3, -0.25) is 4.79 Å². The molecule has 3 aromatic rings. The number of methoxy groups -OCH3 is 2. The van der Waals surface area contributed by atoms with E-state index in [9.17, 15) is 0 Å². The number of aromatic nitrogens is 1. The number of carbonyl (C=O) groups is 1. The number of likely N-dealkylation sites (N-methyl/N-ethyl adjacent to an activating group) is 2. The quantitative estimate of drug-likeness (QED) is 0.101. The summed E-state index contributed by atoms with van der Waals surface area (Å²) in [4.78, 5) is 18.0. The lowest BCUT2D eigenvalue weighted by Crippen LogP contribution is -2.29. The van der Waals surface area contributed by atoms with Crippen LogP contribution in [-0.4, -0.2) is 77.1 Å². The van der Waals surface area contributed by atoms with E-state index in [2.05, 4.69) is 59.7 Å². The van der Waals surface area contributed by atoms with E-state index < -0.39 is 0 Å². The van der Waals surface area contributed by atoms with Gasteiger partial charge in [0.25, 0.3) is 0 Å². The predicted octanol–water partition coefficient (Wildman–Crippen LogP) is 5.58. The van der Waals surface area contributed by atoms with Crippen LogP contribution in [0, 0.1) is 0 Å². The number of benzene rings is 2. The van der Waals surface area contributed by atoms with Gasteiger partial charge in [0.1, 0.15) is 23.6 Å². The van der Waals surface area contributed by atoms with Crippen LogP contribution in [-0.2, 0) is 4.79 Å². The van der Waals surface area contributed by atoms with E-state index in [1.165, 1.54) is 6.08 Å². The first kappa shape index (κ1) is 31.7. The second-order valence-corrected chi connectivity index (χ2v) is 9.14. The van der Waals surface area contributed by atoms with Crippen molar-refractivity contribution >= 4 is 45.8 Å². The highest BCUT2D eigenvalue weighted by atomic mass is 16.5. The normalized spacial score (nSPS) is 11.2. The number of nitrogens with zero attached hydrogens (tertiary/aromatic N) is 4. The lowest BCUT2D eigenvalue weighted by Gasteiger charge is -2.25. The van der Waals surface area contributed by atoms with E-state index in [-0.39, 0.29) is 0 Å². The SMILES string of the molecule is C=C(/C=C\N=C(C)Nc1cc(NC)c(N(C)CCN(C)C)cc1OC)n1ccc2c(OC)cccc21.C=CC=O. The van der Waals surface area contributed by atoms with Crippen molar-refractivity contribution in [1.82, 2.24) is 9.47 Å². The molecule has 40 heavy (non-hydrogen) atoms. The summed E-state index contributed by atoms with van der Waals surface area (Å²) in [6, 6.07) is 12.1. The Morgan fingerprint density at radius 3 is 2.38 bits per heavy atom. The summed E-state index contributed by atoms with van der Waals surface area (Å²) in [6.45, 7) is 11.1. The Balaban J connectivity index is 0.00000131. The average molecular weight is 547 g/mol. The van der Waals surface area contributed by atoms with Gasteiger partial charge < -0.3 is 34.5 Å². The smallest absolute Gasteiger partial charge is 0.144 e. The molecular formula is C31H42N6O3. The van der Waals surface area contributed by atoms with Crippen LogP contribution in [0.25, 0.3) is 16.6 Å². The van der Waals surface area contributed by atoms with E-state index in [4.69, 9.17) is 14.3 Å². The van der Waals surface area contributed by atoms with Crippen LogP contribution in [0.4, 0.5) is 17.1 Å². The van der Waals surface area contributed by atoms with E-state index in [1.54, 1.807) is 20.4 Å². The third-order valence-corrected chi connectivity index (χ3v) is 6.05. The molecule has 1 aromatic heterocycles. The topological polar surface area (TPSA) is 83.4 Å². The highest BCUT2D eigenvalue weighted by Gasteiger charge is 2.14. The standard InChI is InChI=1S/C28H38N6O2.C3H4O/c1-20(34-15-13-22-25(34)10-9-11-27(22)35-7)12-14-30-21(2)31-24-18-23(29-3)26(19-28(24)36-8)33(6)17-16-32(4)5;1-2-3-4/h9-15,18-19,29H,1,16-17H2,2-8H3,(H,30,31);2-3H,1H2/b14-12-;. The lowest BCUT2D eigenvalue weighted by molar-refractivity contribution is -0.104. The fourth-order valence-corrected chi connectivity index (χ4v) is 3.93. The Labute approximate surface area is 238 Å². The van der Waals surface area contributed by atoms with Crippen molar-refractivity contribution in [3.8, 4) is 11.5 Å². The molecule has 0 unspecified atom stereocenters. The van der Waals surface area contributed by atoms with Crippen LogP contribution < -0.4 is 25.0 Å². The number of ether oxygens (including phenoxy) is 2. The maximum absolute atomic E-state index is 9.06. The number of rotatable bonds is 12. The van der Waals surface area contributed by atoms with Crippen molar-refractivity contribution in [2.75, 3.05) is 71.0 Å². The molecule has 3 rings (SSSR count). The fraction of sp³-hybridized carbons (Fsp3) is 0.290. The second-order valence-electron chi connectivity index (χ2n) is 9.14. The first-order chi connectivity index (χ1) is 19.2. The summed E-state index contributed by atoms with van der Waals surface area (Å²) in [7, 11) is 11.5. The molecule has 2 aromatic carbocycles. The molecule has 0 aliphatic heterocycles. The third kappa shape index (κ3) is 8.51. The van der Waals surface area contributed by atoms with Crippen LogP contribution in [0.2, 0.25) is 0 Å². The van der Waals surface area contributed by atoms with E-state index in [1.807, 2.05) is 67.2 Å². The largest absolute Gasteiger partial charge is 0.496 e. The third-order valence-electron chi connectivity index (χ3n) is 6.05. The minimum absolute atomic E-state index is 0.639. The van der Waals surface area contributed by atoms with Crippen LogP contribution in [0.1, 0.15) is 6.92 Å². The van der Waals surface area contributed by atoms with E-state index >= 15 is 0 Å². The van der Waals surface area contributed by atoms with Gasteiger partial charge in [-0.25, -0.2) is 4.99 Å². The molecule has 0 fully saturated rings. The van der Waals surface area contributed by atoms with Crippen molar-refractivity contribution in [3.05, 3.63) is 74.1 Å². The van der Waals surface area contributed by atoms with Gasteiger partial charge in [0.15, 0.2) is 0 Å². The highest BCUT2D eigenvalue weighted by Crippen LogP contribution is 2.36. The molecule has 1 heterocycles. The van der Waals surface area contributed by atoms with Gasteiger partial charge in [0.2, 0.25) is 0 Å². The van der Waals surface area contributed by atoms with Crippen LogP contribution in [0.3, 0.4) is 0 Å². The van der Waals surface area contributed by atoms with Gasteiger partial charge in [0, 0.05) is 56.7 Å². The average Bonchev–Trinajstić information content (AvgIpc) is 3.40. The zero-order valence-electron chi connectivity index (χ0n) is 24.7. The van der Waals surface area contributed by atoms with Crippen LogP contribution in [0.15, 0.2) is 79.1 Å². The van der Waals surface area contributed by atoms with Crippen molar-refractivity contribution in [2.45, 2.75) is 6.92 Å². The Bertz CT molecular complexity index is 1350.